The molecule has 3 nitrogen and oxygen atoms in total. The first kappa shape index (κ1) is 15.0. The van der Waals surface area contributed by atoms with Gasteiger partial charge in [0, 0.05) is 18.0 Å². The highest BCUT2D eigenvalue weighted by molar-refractivity contribution is 6.10. The Labute approximate surface area is 149 Å². The number of benzene rings is 2. The van der Waals surface area contributed by atoms with Gasteiger partial charge in [0.1, 0.15) is 0 Å². The first-order valence-corrected chi connectivity index (χ1v) is 9.30. The normalized spacial score (nSPS) is 32.8. The molecular weight excluding hydrogens is 308 g/mol. The minimum absolute atomic E-state index is 0.0473. The smallest absolute Gasteiger partial charge is 0.297 e. The summed E-state index contributed by atoms with van der Waals surface area (Å²) in [6.07, 6.45) is 3.50. The summed E-state index contributed by atoms with van der Waals surface area (Å²) >= 11 is 0. The molecule has 0 saturated heterocycles. The maximum absolute atomic E-state index is 13.5. The zero-order chi connectivity index (χ0) is 17.4. The lowest BCUT2D eigenvalue weighted by molar-refractivity contribution is 0.104. The molecule has 3 heteroatoms. The molecule has 2 aromatic rings. The fourth-order valence-electron chi connectivity index (χ4n) is 6.12. The molecule has 1 spiro atoms. The van der Waals surface area contributed by atoms with Gasteiger partial charge in [-0.15, -0.1) is 0 Å². The molecule has 3 atom stereocenters. The van der Waals surface area contributed by atoms with Gasteiger partial charge in [0.25, 0.3) is 0 Å². The van der Waals surface area contributed by atoms with Crippen LogP contribution in [0.3, 0.4) is 0 Å². The van der Waals surface area contributed by atoms with Crippen molar-refractivity contribution < 1.29 is 4.79 Å². The fraction of sp³-hybridized carbons (Fsp3) is 0.409. The van der Waals surface area contributed by atoms with Gasteiger partial charge in [-0.3, -0.25) is 9.80 Å². The van der Waals surface area contributed by atoms with Crippen LogP contribution in [0.25, 0.3) is 0 Å². The Kier molecular flexibility index (Phi) is 2.80. The Morgan fingerprint density at radius 2 is 1.64 bits per heavy atom. The van der Waals surface area contributed by atoms with Crippen molar-refractivity contribution in [2.45, 2.75) is 44.1 Å². The number of rotatable bonds is 0. The number of urea groups is 1. The number of para-hydroxylation sites is 2. The van der Waals surface area contributed by atoms with Crippen molar-refractivity contribution in [2.24, 2.45) is 5.92 Å². The van der Waals surface area contributed by atoms with Crippen molar-refractivity contribution in [3.05, 3.63) is 59.7 Å². The van der Waals surface area contributed by atoms with Gasteiger partial charge in [0.2, 0.25) is 0 Å². The van der Waals surface area contributed by atoms with Crippen LogP contribution in [0.2, 0.25) is 0 Å². The highest BCUT2D eigenvalue weighted by Crippen LogP contribution is 2.67. The minimum Gasteiger partial charge on any atom is -0.297 e. The van der Waals surface area contributed by atoms with E-state index >= 15 is 0 Å². The molecule has 1 aliphatic carbocycles. The standard InChI is InChI=1S/C22H24N2O/c1-15-9-8-14-21(2)16-10-4-7-13-19(16)24-20(25)23(3)18-12-6-5-11-17(18)22(15,21)24/h4-7,10-13,15H,8-9,14H2,1-3H3/t15-,21+,22-/m1/s1. The van der Waals surface area contributed by atoms with E-state index in [1.54, 1.807) is 0 Å². The second kappa shape index (κ2) is 4.66. The quantitative estimate of drug-likeness (QED) is 0.662. The number of hydrogen-bond donors (Lipinski definition) is 0. The molecule has 1 fully saturated rings. The summed E-state index contributed by atoms with van der Waals surface area (Å²) in [5, 5.41) is 0. The van der Waals surface area contributed by atoms with Crippen molar-refractivity contribution in [1.82, 2.24) is 0 Å². The van der Waals surface area contributed by atoms with Gasteiger partial charge in [-0.2, -0.15) is 0 Å². The van der Waals surface area contributed by atoms with Crippen molar-refractivity contribution in [2.75, 3.05) is 16.8 Å². The van der Waals surface area contributed by atoms with E-state index in [4.69, 9.17) is 0 Å². The maximum Gasteiger partial charge on any atom is 0.329 e. The third-order valence-corrected chi connectivity index (χ3v) is 7.11. The first-order chi connectivity index (χ1) is 12.0. The van der Waals surface area contributed by atoms with E-state index in [1.165, 1.54) is 17.5 Å². The van der Waals surface area contributed by atoms with E-state index in [1.807, 2.05) is 18.0 Å². The van der Waals surface area contributed by atoms with Crippen LogP contribution in [-0.4, -0.2) is 13.1 Å². The van der Waals surface area contributed by atoms with Crippen LogP contribution < -0.4 is 9.80 Å². The average molecular weight is 332 g/mol. The number of carbonyl (C=O) groups is 1. The van der Waals surface area contributed by atoms with E-state index in [9.17, 15) is 4.79 Å². The summed E-state index contributed by atoms with van der Waals surface area (Å²) in [6.45, 7) is 4.72. The van der Waals surface area contributed by atoms with Gasteiger partial charge in [0.05, 0.1) is 16.9 Å². The average Bonchev–Trinajstić information content (AvgIpc) is 2.88. The SMILES string of the molecule is C[C@@H]1CCC[C@@]2(C)c3ccccc3N3C(=O)N(C)c4ccccc4[C@@]132. The van der Waals surface area contributed by atoms with Gasteiger partial charge >= 0.3 is 6.03 Å². The minimum atomic E-state index is -0.283. The predicted molar refractivity (Wildman–Crippen MR) is 101 cm³/mol. The Hall–Kier alpha value is -2.29. The fourth-order valence-corrected chi connectivity index (χ4v) is 6.12. The highest BCUT2D eigenvalue weighted by atomic mass is 16.2. The van der Waals surface area contributed by atoms with Crippen LogP contribution in [0.15, 0.2) is 48.5 Å². The Morgan fingerprint density at radius 3 is 2.40 bits per heavy atom. The topological polar surface area (TPSA) is 23.6 Å². The second-order valence-corrected chi connectivity index (χ2v) is 8.10. The van der Waals surface area contributed by atoms with Gasteiger partial charge in [-0.25, -0.2) is 4.79 Å². The van der Waals surface area contributed by atoms with Gasteiger partial charge in [0.15, 0.2) is 0 Å². The number of anilines is 2. The lowest BCUT2D eigenvalue weighted by Gasteiger charge is -2.58. The molecule has 0 N–H and O–H groups in total. The van der Waals surface area contributed by atoms with Gasteiger partial charge in [-0.1, -0.05) is 56.7 Å². The van der Waals surface area contributed by atoms with Crippen LogP contribution in [0.5, 0.6) is 0 Å². The first-order valence-electron chi connectivity index (χ1n) is 9.30. The summed E-state index contributed by atoms with van der Waals surface area (Å²) in [5.74, 6) is 0.414. The zero-order valence-corrected chi connectivity index (χ0v) is 15.1. The largest absolute Gasteiger partial charge is 0.329 e. The molecular formula is C22H24N2O. The van der Waals surface area contributed by atoms with Crippen LogP contribution in [-0.2, 0) is 11.0 Å². The van der Waals surface area contributed by atoms with Crippen molar-refractivity contribution in [1.29, 1.82) is 0 Å². The number of nitrogens with zero attached hydrogens (tertiary/aromatic N) is 2. The van der Waals surface area contributed by atoms with Crippen LogP contribution in [0, 0.1) is 5.92 Å². The molecule has 128 valence electrons. The molecule has 0 radical (unpaired) electrons. The van der Waals surface area contributed by atoms with Crippen molar-refractivity contribution in [3.8, 4) is 0 Å². The summed E-state index contributed by atoms with van der Waals surface area (Å²) in [5.41, 5.74) is 4.48. The summed E-state index contributed by atoms with van der Waals surface area (Å²) in [4.78, 5) is 17.5. The number of hydrogen-bond acceptors (Lipinski definition) is 1. The lowest BCUT2D eigenvalue weighted by atomic mass is 9.53. The third kappa shape index (κ3) is 1.47. The second-order valence-electron chi connectivity index (χ2n) is 8.10. The van der Waals surface area contributed by atoms with Crippen LogP contribution >= 0.6 is 0 Å². The van der Waals surface area contributed by atoms with E-state index in [2.05, 4.69) is 61.2 Å². The molecule has 0 bridgehead atoms. The number of fused-ring (bicyclic) bond motifs is 4. The molecule has 0 aromatic heterocycles. The molecule has 3 aliphatic rings. The Bertz CT molecular complexity index is 891. The van der Waals surface area contributed by atoms with Crippen LogP contribution in [0.4, 0.5) is 16.2 Å². The lowest BCUT2D eigenvalue weighted by Crippen LogP contribution is -2.66. The summed E-state index contributed by atoms with van der Waals surface area (Å²) < 4.78 is 0. The molecule has 5 rings (SSSR count). The monoisotopic (exact) mass is 332 g/mol. The Morgan fingerprint density at radius 1 is 1.00 bits per heavy atom. The third-order valence-electron chi connectivity index (χ3n) is 7.11. The predicted octanol–water partition coefficient (Wildman–Crippen LogP) is 5.05. The molecule has 25 heavy (non-hydrogen) atoms. The molecule has 2 aromatic carbocycles. The van der Waals surface area contributed by atoms with E-state index in [0.717, 1.165) is 24.2 Å². The van der Waals surface area contributed by atoms with Gasteiger partial charge < -0.3 is 0 Å². The summed E-state index contributed by atoms with van der Waals surface area (Å²) in [6, 6.07) is 17.2. The van der Waals surface area contributed by atoms with Gasteiger partial charge in [-0.05, 0) is 36.5 Å². The maximum atomic E-state index is 13.5. The summed E-state index contributed by atoms with van der Waals surface area (Å²) in [7, 11) is 1.90. The highest BCUT2D eigenvalue weighted by Gasteiger charge is 2.67. The molecule has 2 aliphatic heterocycles. The molecule has 2 heterocycles. The zero-order valence-electron chi connectivity index (χ0n) is 15.1. The molecule has 2 amide bonds. The van der Waals surface area contributed by atoms with Crippen molar-refractivity contribution >= 4 is 17.4 Å². The van der Waals surface area contributed by atoms with E-state index in [-0.39, 0.29) is 17.0 Å². The Balaban J connectivity index is 1.94. The number of carbonyl (C=O) groups excluding carboxylic acids is 1. The molecule has 0 unspecified atom stereocenters. The van der Waals surface area contributed by atoms with E-state index in [0.29, 0.717) is 5.92 Å². The van der Waals surface area contributed by atoms with E-state index < -0.39 is 0 Å². The van der Waals surface area contributed by atoms with Crippen LogP contribution in [0.1, 0.15) is 44.2 Å². The van der Waals surface area contributed by atoms with Crippen molar-refractivity contribution in [3.63, 3.8) is 0 Å². The molecule has 1 saturated carbocycles. The number of amides is 2.